The lowest BCUT2D eigenvalue weighted by atomic mass is 10.1. The second-order valence-electron chi connectivity index (χ2n) is 4.84. The fourth-order valence-electron chi connectivity index (χ4n) is 2.02. The molecule has 116 valence electrons. The molecule has 3 rings (SSSR count). The van der Waals surface area contributed by atoms with Gasteiger partial charge in [-0.15, -0.1) is 10.2 Å². The first-order valence-electron chi connectivity index (χ1n) is 6.80. The molecule has 23 heavy (non-hydrogen) atoms. The van der Waals surface area contributed by atoms with Crippen molar-refractivity contribution in [2.24, 2.45) is 0 Å². The third-order valence-electron chi connectivity index (χ3n) is 3.09. The van der Waals surface area contributed by atoms with Crippen LogP contribution in [0.2, 0.25) is 0 Å². The van der Waals surface area contributed by atoms with Crippen LogP contribution in [0.1, 0.15) is 22.9 Å². The number of aromatic nitrogens is 2. The fraction of sp³-hybridized carbons (Fsp3) is 0.0588. The molecule has 0 unspecified atom stereocenters. The summed E-state index contributed by atoms with van der Waals surface area (Å²) in [5.74, 6) is -0.537. The molecule has 0 N–H and O–H groups in total. The number of halogens is 3. The van der Waals surface area contributed by atoms with Crippen molar-refractivity contribution in [1.29, 1.82) is 0 Å². The molecule has 1 aromatic heterocycles. The maximum absolute atomic E-state index is 13.5. The molecule has 0 aliphatic heterocycles. The molecule has 2 aromatic carbocycles. The Morgan fingerprint density at radius 2 is 1.91 bits per heavy atom. The van der Waals surface area contributed by atoms with Crippen molar-refractivity contribution in [3.63, 3.8) is 0 Å². The van der Waals surface area contributed by atoms with Crippen molar-refractivity contribution in [2.45, 2.75) is 6.42 Å². The molecule has 1 heterocycles. The summed E-state index contributed by atoms with van der Waals surface area (Å²) in [6.07, 6.45) is 3.46. The average Bonchev–Trinajstić information content (AvgIpc) is 2.94. The molecule has 0 amide bonds. The number of hydrogen-bond donors (Lipinski definition) is 0. The number of benzene rings is 2. The maximum Gasteiger partial charge on any atom is 0.240 e. The summed E-state index contributed by atoms with van der Waals surface area (Å²) in [5, 5.41) is 7.84. The van der Waals surface area contributed by atoms with Crippen LogP contribution in [0.25, 0.3) is 12.2 Å². The van der Waals surface area contributed by atoms with Crippen molar-refractivity contribution in [3.8, 4) is 0 Å². The predicted molar refractivity (Wildman–Crippen MR) is 86.5 cm³/mol. The Hall–Kier alpha value is -2.34. The predicted octanol–water partition coefficient (Wildman–Crippen LogP) is 4.87. The molecule has 0 spiro atoms. The lowest BCUT2D eigenvalue weighted by Crippen LogP contribution is -1.87. The maximum atomic E-state index is 13.5. The minimum Gasteiger partial charge on any atom is -0.421 e. The molecule has 0 bridgehead atoms. The zero-order valence-corrected chi connectivity index (χ0v) is 13.4. The molecule has 6 heteroatoms. The van der Waals surface area contributed by atoms with Crippen LogP contribution in [-0.4, -0.2) is 10.2 Å². The molecule has 3 aromatic rings. The Labute approximate surface area is 139 Å². The van der Waals surface area contributed by atoms with Crippen LogP contribution in [0, 0.1) is 11.6 Å². The molecule has 0 aliphatic rings. The van der Waals surface area contributed by atoms with Crippen LogP contribution < -0.4 is 0 Å². The van der Waals surface area contributed by atoms with Gasteiger partial charge in [-0.3, -0.25) is 0 Å². The van der Waals surface area contributed by atoms with Gasteiger partial charge < -0.3 is 4.42 Å². The number of rotatable bonds is 4. The van der Waals surface area contributed by atoms with Crippen LogP contribution in [0.15, 0.2) is 51.4 Å². The highest BCUT2D eigenvalue weighted by atomic mass is 79.9. The van der Waals surface area contributed by atoms with Crippen molar-refractivity contribution in [1.82, 2.24) is 10.2 Å². The minimum absolute atomic E-state index is 0.248. The van der Waals surface area contributed by atoms with E-state index in [9.17, 15) is 8.78 Å². The first-order valence-corrected chi connectivity index (χ1v) is 7.59. The van der Waals surface area contributed by atoms with Gasteiger partial charge in [0.1, 0.15) is 11.6 Å². The summed E-state index contributed by atoms with van der Waals surface area (Å²) >= 11 is 3.40. The van der Waals surface area contributed by atoms with E-state index in [2.05, 4.69) is 26.1 Å². The molecule has 3 nitrogen and oxygen atoms in total. The summed E-state index contributed by atoms with van der Waals surface area (Å²) in [5.41, 5.74) is 1.28. The normalized spacial score (nSPS) is 11.3. The summed E-state index contributed by atoms with van der Waals surface area (Å²) in [6, 6.07) is 11.1. The molecule has 0 atom stereocenters. The van der Waals surface area contributed by atoms with E-state index in [4.69, 9.17) is 4.42 Å². The fourth-order valence-corrected chi connectivity index (χ4v) is 2.47. The van der Waals surface area contributed by atoms with Gasteiger partial charge in [0.25, 0.3) is 0 Å². The standard InChI is InChI=1S/C17H11BrF2N2O/c18-13-3-1-2-11(8-13)9-17-22-21-16(23-17)7-5-12-4-6-14(19)10-15(12)20/h1-8,10H,9H2. The van der Waals surface area contributed by atoms with Crippen molar-refractivity contribution in [2.75, 3.05) is 0 Å². The van der Waals surface area contributed by atoms with Crippen LogP contribution in [0.4, 0.5) is 8.78 Å². The zero-order valence-electron chi connectivity index (χ0n) is 11.8. The lowest BCUT2D eigenvalue weighted by molar-refractivity contribution is 0.496. The highest BCUT2D eigenvalue weighted by Crippen LogP contribution is 2.16. The third-order valence-corrected chi connectivity index (χ3v) is 3.59. The largest absolute Gasteiger partial charge is 0.421 e. The van der Waals surface area contributed by atoms with E-state index in [0.29, 0.717) is 12.3 Å². The van der Waals surface area contributed by atoms with Crippen LogP contribution in [0.5, 0.6) is 0 Å². The van der Waals surface area contributed by atoms with Gasteiger partial charge in [-0.25, -0.2) is 8.78 Å². The SMILES string of the molecule is Fc1ccc(C=Cc2nnc(Cc3cccc(Br)c3)o2)c(F)c1. The number of hydrogen-bond acceptors (Lipinski definition) is 3. The topological polar surface area (TPSA) is 38.9 Å². The monoisotopic (exact) mass is 376 g/mol. The summed E-state index contributed by atoms with van der Waals surface area (Å²) in [6.45, 7) is 0. The van der Waals surface area contributed by atoms with E-state index in [1.807, 2.05) is 24.3 Å². The molecular formula is C17H11BrF2N2O. The highest BCUT2D eigenvalue weighted by molar-refractivity contribution is 9.10. The van der Waals surface area contributed by atoms with Gasteiger partial charge in [-0.2, -0.15) is 0 Å². The molecule has 0 saturated carbocycles. The Morgan fingerprint density at radius 3 is 2.70 bits per heavy atom. The van der Waals surface area contributed by atoms with Gasteiger partial charge in [-0.1, -0.05) is 28.1 Å². The van der Waals surface area contributed by atoms with Gasteiger partial charge in [0.15, 0.2) is 0 Å². The second-order valence-corrected chi connectivity index (χ2v) is 5.76. The molecule has 0 radical (unpaired) electrons. The summed E-state index contributed by atoms with van der Waals surface area (Å²) in [4.78, 5) is 0. The molecule has 0 fully saturated rings. The van der Waals surface area contributed by atoms with E-state index in [-0.39, 0.29) is 11.5 Å². The average molecular weight is 377 g/mol. The Kier molecular flexibility index (Phi) is 4.62. The Morgan fingerprint density at radius 1 is 1.04 bits per heavy atom. The van der Waals surface area contributed by atoms with Gasteiger partial charge >= 0.3 is 0 Å². The molecule has 0 aliphatic carbocycles. The lowest BCUT2D eigenvalue weighted by Gasteiger charge is -1.97. The van der Waals surface area contributed by atoms with Gasteiger partial charge in [0.05, 0.1) is 6.42 Å². The van der Waals surface area contributed by atoms with Crippen LogP contribution >= 0.6 is 15.9 Å². The smallest absolute Gasteiger partial charge is 0.240 e. The molecular weight excluding hydrogens is 366 g/mol. The van der Waals surface area contributed by atoms with E-state index in [1.165, 1.54) is 24.3 Å². The van der Waals surface area contributed by atoms with E-state index >= 15 is 0 Å². The highest BCUT2D eigenvalue weighted by Gasteiger charge is 2.06. The Bertz CT molecular complexity index is 861. The van der Waals surface area contributed by atoms with Crippen LogP contribution in [-0.2, 0) is 6.42 Å². The minimum atomic E-state index is -0.643. The van der Waals surface area contributed by atoms with Crippen molar-refractivity contribution < 1.29 is 13.2 Å². The number of nitrogens with zero attached hydrogens (tertiary/aromatic N) is 2. The van der Waals surface area contributed by atoms with Crippen molar-refractivity contribution >= 4 is 28.1 Å². The quantitative estimate of drug-likeness (QED) is 0.651. The van der Waals surface area contributed by atoms with E-state index in [1.54, 1.807) is 0 Å². The third kappa shape index (κ3) is 4.10. The first kappa shape index (κ1) is 15.6. The van der Waals surface area contributed by atoms with Gasteiger partial charge in [-0.05, 0) is 35.9 Å². The Balaban J connectivity index is 1.73. The van der Waals surface area contributed by atoms with E-state index < -0.39 is 11.6 Å². The first-order chi connectivity index (χ1) is 11.1. The second kappa shape index (κ2) is 6.83. The zero-order chi connectivity index (χ0) is 16.2. The van der Waals surface area contributed by atoms with Gasteiger partial charge in [0.2, 0.25) is 11.8 Å². The van der Waals surface area contributed by atoms with Crippen LogP contribution in [0.3, 0.4) is 0 Å². The van der Waals surface area contributed by atoms with Gasteiger partial charge in [0, 0.05) is 22.2 Å². The summed E-state index contributed by atoms with van der Waals surface area (Å²) < 4.78 is 32.8. The van der Waals surface area contributed by atoms with E-state index in [0.717, 1.165) is 16.1 Å². The van der Waals surface area contributed by atoms with Crippen molar-refractivity contribution in [3.05, 3.63) is 81.5 Å². The molecule has 0 saturated heterocycles. The summed E-state index contributed by atoms with van der Waals surface area (Å²) in [7, 11) is 0.